The molecule has 0 spiro atoms. The zero-order valence-electron chi connectivity index (χ0n) is 14.6. The summed E-state index contributed by atoms with van der Waals surface area (Å²) in [5, 5.41) is 3.74. The largest absolute Gasteiger partial charge is 0.313 e. The summed E-state index contributed by atoms with van der Waals surface area (Å²) in [6, 6.07) is 2.27. The third kappa shape index (κ3) is 5.54. The van der Waals surface area contributed by atoms with E-state index in [-0.39, 0.29) is 0 Å². The first kappa shape index (κ1) is 17.2. The molecule has 0 aromatic carbocycles. The van der Waals surface area contributed by atoms with E-state index in [4.69, 9.17) is 0 Å². The maximum Gasteiger partial charge on any atom is 0.0195 e. The first-order valence-corrected chi connectivity index (χ1v) is 9.42. The first-order valence-electron chi connectivity index (χ1n) is 9.42. The second-order valence-corrected chi connectivity index (χ2v) is 7.36. The Kier molecular flexibility index (Phi) is 7.48. The molecule has 2 aliphatic rings. The van der Waals surface area contributed by atoms with E-state index in [1.54, 1.807) is 0 Å². The molecule has 0 radical (unpaired) electrons. The smallest absolute Gasteiger partial charge is 0.0195 e. The molecule has 1 N–H and O–H groups in total. The predicted molar refractivity (Wildman–Crippen MR) is 91.9 cm³/mol. The lowest BCUT2D eigenvalue weighted by molar-refractivity contribution is 0.148. The van der Waals surface area contributed by atoms with Gasteiger partial charge in [-0.3, -0.25) is 4.90 Å². The van der Waals surface area contributed by atoms with Crippen molar-refractivity contribution in [2.24, 2.45) is 0 Å². The number of rotatable bonds is 6. The van der Waals surface area contributed by atoms with Crippen molar-refractivity contribution in [2.75, 3.05) is 32.7 Å². The van der Waals surface area contributed by atoms with Gasteiger partial charge in [-0.25, -0.2) is 0 Å². The predicted octanol–water partition coefficient (Wildman–Crippen LogP) is 3.10. The van der Waals surface area contributed by atoms with Gasteiger partial charge in [0.1, 0.15) is 0 Å². The lowest BCUT2D eigenvalue weighted by atomic mass is 10.0. The van der Waals surface area contributed by atoms with Crippen LogP contribution < -0.4 is 5.32 Å². The molecule has 2 rings (SSSR count). The topological polar surface area (TPSA) is 18.5 Å². The summed E-state index contributed by atoms with van der Waals surface area (Å²) in [6.45, 7) is 13.4. The normalized spacial score (nSPS) is 29.0. The molecule has 3 nitrogen and oxygen atoms in total. The third-order valence-electron chi connectivity index (χ3n) is 5.36. The zero-order chi connectivity index (χ0) is 15.1. The number of likely N-dealkylation sites (tertiary alicyclic amines) is 1. The van der Waals surface area contributed by atoms with Crippen molar-refractivity contribution >= 4 is 0 Å². The average molecular weight is 296 g/mol. The van der Waals surface area contributed by atoms with Crippen molar-refractivity contribution in [3.8, 4) is 0 Å². The highest BCUT2D eigenvalue weighted by Crippen LogP contribution is 2.20. The Morgan fingerprint density at radius 3 is 2.62 bits per heavy atom. The van der Waals surface area contributed by atoms with Crippen molar-refractivity contribution in [1.29, 1.82) is 0 Å². The van der Waals surface area contributed by atoms with Crippen LogP contribution in [0.4, 0.5) is 0 Å². The van der Waals surface area contributed by atoms with E-state index in [2.05, 4.69) is 35.9 Å². The molecule has 0 aromatic rings. The van der Waals surface area contributed by atoms with Gasteiger partial charge in [0.25, 0.3) is 0 Å². The Balaban J connectivity index is 1.87. The molecule has 124 valence electrons. The lowest BCUT2D eigenvalue weighted by Gasteiger charge is -2.36. The van der Waals surface area contributed by atoms with Crippen LogP contribution in [-0.2, 0) is 0 Å². The maximum atomic E-state index is 3.74. The quantitative estimate of drug-likeness (QED) is 0.812. The van der Waals surface area contributed by atoms with Gasteiger partial charge in [-0.15, -0.1) is 0 Å². The molecule has 2 fully saturated rings. The minimum absolute atomic E-state index is 0.711. The molecule has 0 bridgehead atoms. The number of nitrogens with one attached hydrogen (secondary N) is 1. The SMILES string of the molecule is CCCN(CC1CCCCN1)C1CCCN(C(C)C)CC1. The zero-order valence-corrected chi connectivity index (χ0v) is 14.6. The third-order valence-corrected chi connectivity index (χ3v) is 5.36. The van der Waals surface area contributed by atoms with Crippen LogP contribution in [0.5, 0.6) is 0 Å². The summed E-state index contributed by atoms with van der Waals surface area (Å²) in [5.41, 5.74) is 0. The van der Waals surface area contributed by atoms with Crippen LogP contribution in [0.15, 0.2) is 0 Å². The highest BCUT2D eigenvalue weighted by atomic mass is 15.2. The van der Waals surface area contributed by atoms with E-state index in [1.165, 1.54) is 77.7 Å². The second-order valence-electron chi connectivity index (χ2n) is 7.36. The Bertz CT molecular complexity index is 274. The van der Waals surface area contributed by atoms with Crippen molar-refractivity contribution in [3.05, 3.63) is 0 Å². The molecule has 2 unspecified atom stereocenters. The maximum absolute atomic E-state index is 3.74. The molecule has 2 saturated heterocycles. The van der Waals surface area contributed by atoms with Crippen LogP contribution in [0.2, 0.25) is 0 Å². The standard InChI is InChI=1S/C18H37N3/c1-4-12-21(15-17-8-5-6-11-19-17)18-9-7-13-20(14-10-18)16(2)3/h16-19H,4-15H2,1-3H3. The monoisotopic (exact) mass is 295 g/mol. The molecule has 2 heterocycles. The van der Waals surface area contributed by atoms with E-state index >= 15 is 0 Å². The van der Waals surface area contributed by atoms with Crippen LogP contribution in [0, 0.1) is 0 Å². The van der Waals surface area contributed by atoms with Crippen LogP contribution in [0.1, 0.15) is 65.7 Å². The molecule has 0 aromatic heterocycles. The summed E-state index contributed by atoms with van der Waals surface area (Å²) in [4.78, 5) is 5.48. The van der Waals surface area contributed by atoms with Crippen molar-refractivity contribution in [2.45, 2.75) is 83.8 Å². The number of hydrogen-bond donors (Lipinski definition) is 1. The summed E-state index contributed by atoms with van der Waals surface area (Å²) in [6.07, 6.45) is 9.60. The van der Waals surface area contributed by atoms with Gasteiger partial charge < -0.3 is 10.2 Å². The molecule has 2 atom stereocenters. The first-order chi connectivity index (χ1) is 10.2. The van der Waals surface area contributed by atoms with E-state index in [1.807, 2.05) is 0 Å². The summed E-state index contributed by atoms with van der Waals surface area (Å²) in [5.74, 6) is 0. The van der Waals surface area contributed by atoms with Gasteiger partial charge in [0.05, 0.1) is 0 Å². The fourth-order valence-electron chi connectivity index (χ4n) is 4.06. The Morgan fingerprint density at radius 2 is 1.95 bits per heavy atom. The fraction of sp³-hybridized carbons (Fsp3) is 1.00. The van der Waals surface area contributed by atoms with E-state index < -0.39 is 0 Å². The Labute approximate surface area is 132 Å². The van der Waals surface area contributed by atoms with Crippen LogP contribution in [0.3, 0.4) is 0 Å². The van der Waals surface area contributed by atoms with Gasteiger partial charge in [-0.2, -0.15) is 0 Å². The van der Waals surface area contributed by atoms with Crippen LogP contribution >= 0.6 is 0 Å². The van der Waals surface area contributed by atoms with E-state index in [0.29, 0.717) is 6.04 Å². The summed E-state index contributed by atoms with van der Waals surface area (Å²) >= 11 is 0. The summed E-state index contributed by atoms with van der Waals surface area (Å²) < 4.78 is 0. The molecule has 0 aliphatic carbocycles. The van der Waals surface area contributed by atoms with Gasteiger partial charge >= 0.3 is 0 Å². The highest BCUT2D eigenvalue weighted by Gasteiger charge is 2.25. The number of nitrogens with zero attached hydrogens (tertiary/aromatic N) is 2. The van der Waals surface area contributed by atoms with Crippen molar-refractivity contribution in [3.63, 3.8) is 0 Å². The minimum Gasteiger partial charge on any atom is -0.313 e. The van der Waals surface area contributed by atoms with Gasteiger partial charge in [0.15, 0.2) is 0 Å². The minimum atomic E-state index is 0.711. The Morgan fingerprint density at radius 1 is 1.10 bits per heavy atom. The highest BCUT2D eigenvalue weighted by molar-refractivity contribution is 4.83. The van der Waals surface area contributed by atoms with Crippen LogP contribution in [0.25, 0.3) is 0 Å². The molecule has 2 aliphatic heterocycles. The number of piperidine rings is 1. The van der Waals surface area contributed by atoms with Gasteiger partial charge in [0.2, 0.25) is 0 Å². The molecule has 0 amide bonds. The number of hydrogen-bond acceptors (Lipinski definition) is 3. The van der Waals surface area contributed by atoms with Gasteiger partial charge in [-0.05, 0) is 78.6 Å². The molecule has 21 heavy (non-hydrogen) atoms. The van der Waals surface area contributed by atoms with Gasteiger partial charge in [0, 0.05) is 24.7 Å². The van der Waals surface area contributed by atoms with E-state index in [9.17, 15) is 0 Å². The summed E-state index contributed by atoms with van der Waals surface area (Å²) in [7, 11) is 0. The molecule has 3 heteroatoms. The van der Waals surface area contributed by atoms with Crippen molar-refractivity contribution in [1.82, 2.24) is 15.1 Å². The molecular weight excluding hydrogens is 258 g/mol. The Hall–Kier alpha value is -0.120. The van der Waals surface area contributed by atoms with Crippen molar-refractivity contribution < 1.29 is 0 Å². The fourth-order valence-corrected chi connectivity index (χ4v) is 4.06. The van der Waals surface area contributed by atoms with Crippen LogP contribution in [-0.4, -0.2) is 60.6 Å². The van der Waals surface area contributed by atoms with Gasteiger partial charge in [-0.1, -0.05) is 13.3 Å². The average Bonchev–Trinajstić information content (AvgIpc) is 2.74. The van der Waals surface area contributed by atoms with E-state index in [0.717, 1.165) is 12.1 Å². The molecular formula is C18H37N3. The lowest BCUT2D eigenvalue weighted by Crippen LogP contribution is -2.47. The second kappa shape index (κ2) is 9.12. The molecule has 0 saturated carbocycles.